The number of hydrogen-bond donors (Lipinski definition) is 4. The van der Waals surface area contributed by atoms with Gasteiger partial charge in [-0.1, -0.05) is 151 Å². The summed E-state index contributed by atoms with van der Waals surface area (Å²) in [6.45, 7) is 6.10. The lowest BCUT2D eigenvalue weighted by Gasteiger charge is -2.38. The van der Waals surface area contributed by atoms with Gasteiger partial charge in [0.1, 0.15) is 35.2 Å². The third-order valence-electron chi connectivity index (χ3n) is 19.5. The summed E-state index contributed by atoms with van der Waals surface area (Å²) in [6.07, 6.45) is -14.7. The number of alkyl halides is 15. The molecule has 3 aliphatic heterocycles. The fourth-order valence-electron chi connectivity index (χ4n) is 13.6. The molecule has 0 radical (unpaired) electrons. The quantitative estimate of drug-likeness (QED) is 0.0170. The summed E-state index contributed by atoms with van der Waals surface area (Å²) in [5, 5.41) is 54.6. The number of amidine groups is 5. The summed E-state index contributed by atoms with van der Waals surface area (Å²) < 4.78 is 223. The maximum atomic E-state index is 15.1. The van der Waals surface area contributed by atoms with Gasteiger partial charge in [-0.2, -0.15) is 28.5 Å². The standard InChI is InChI=1S/C86H72ClF15N18O4S3/c1-4-59-21-22-63(52(3)74(59)120-51(2)36-37-125-81(120)115-112-43-55-12-19-62(20-13-55)78-109-50-119(116-78)66-27-33-69(34-28-66)123-85(97,98)99)39-58-44-117(79(126-47-58)113-110-41-53-8-15-60(16-9-53)76(103)107-48-105-64-23-29-67(30-24-64)121-83(91,92)93)72-35-14-56(40-73(72)124-86(100,101)102)38-57-45-118(75-70(82(88,89)90)6-5-7-71(75)87)80(127-46-57)114-111-42-54-10-17-61(18-11-54)77(104)108-49-106-65-25-31-68(32-26-65)122-84(94,95)96/h5-35,40-43,48-51,57-58H,4,36-39,44-47H2,1-3H3,(H2,103,105,107)(H2,104,106,108)/b110-41-,111-42-,112-43?,113-79+,114-80+,115-81?. The summed E-state index contributed by atoms with van der Waals surface area (Å²) in [4.78, 5) is 17.7. The number of ether oxygens (including phenoxy) is 4. The normalized spacial score (nSPS) is 17.4. The number of hydrogen-bond acceptors (Lipinski definition) is 19. The number of aromatic nitrogens is 3. The maximum absolute atomic E-state index is 15.1. The smallest absolute Gasteiger partial charge is 0.406 e. The van der Waals surface area contributed by atoms with E-state index in [9.17, 15) is 39.5 Å². The fourth-order valence-corrected chi connectivity index (χ4v) is 17.1. The highest BCUT2D eigenvalue weighted by molar-refractivity contribution is 8.14. The predicted molar refractivity (Wildman–Crippen MR) is 467 cm³/mol. The zero-order valence-electron chi connectivity index (χ0n) is 66.7. The van der Waals surface area contributed by atoms with Gasteiger partial charge >= 0.3 is 31.6 Å². The highest BCUT2D eigenvalue weighted by Crippen LogP contribution is 2.46. The Kier molecular flexibility index (Phi) is 29.2. The van der Waals surface area contributed by atoms with E-state index in [-0.39, 0.29) is 87.1 Å². The number of nitrogens with zero attached hydrogens (tertiary/aromatic N) is 14. The second-order valence-electron chi connectivity index (χ2n) is 28.5. The number of para-hydroxylation sites is 1. The summed E-state index contributed by atoms with van der Waals surface area (Å²) in [5.41, 5.74) is 6.73. The van der Waals surface area contributed by atoms with Crippen LogP contribution in [0.3, 0.4) is 0 Å². The molecule has 3 atom stereocenters. The Morgan fingerprint density at radius 1 is 0.535 bits per heavy atom. The molecular formula is C86H72ClF15N18O4S3. The lowest BCUT2D eigenvalue weighted by atomic mass is 9.92. The van der Waals surface area contributed by atoms with Crippen LogP contribution in [0.4, 0.5) is 94.3 Å². The molecule has 3 aliphatic rings. The SMILES string of the molecule is CCc1ccc(CC2CS/C(=N/N=C\c3ccc(C(=N)NC=Nc4ccc(OC(F)(F)F)cc4)cc3)N(c3ccc(CC4CS/C(=N/N=C\c5ccc(C(=N)NC=Nc6ccc(OC(F)(F)F)cc6)cc5)N(c5c(Cl)cccc5C(F)(F)F)C4)cc3OC(F)(F)F)C2)c(C)c1N1C(=NN=Cc2ccc(-c3ncn(-c4ccc(OC(F)(F)F)cc4)n3)cc2)SCCC1C. The van der Waals surface area contributed by atoms with E-state index in [0.29, 0.717) is 74.2 Å². The molecule has 9 aromatic carbocycles. The minimum absolute atomic E-state index is 0.00666. The van der Waals surface area contributed by atoms with E-state index in [1.807, 2.05) is 19.1 Å². The van der Waals surface area contributed by atoms with Crippen molar-refractivity contribution in [3.8, 4) is 40.1 Å². The van der Waals surface area contributed by atoms with Crippen LogP contribution in [0.2, 0.25) is 5.02 Å². The van der Waals surface area contributed by atoms with E-state index in [4.69, 9.17) is 32.3 Å². The molecule has 127 heavy (non-hydrogen) atoms. The van der Waals surface area contributed by atoms with E-state index in [2.05, 4.69) is 101 Å². The summed E-state index contributed by atoms with van der Waals surface area (Å²) in [6, 6.07) is 46.4. The zero-order chi connectivity index (χ0) is 90.4. The molecule has 0 amide bonds. The number of nitrogens with one attached hydrogen (secondary N) is 4. The van der Waals surface area contributed by atoms with Crippen LogP contribution in [-0.2, 0) is 25.4 Å². The van der Waals surface area contributed by atoms with Gasteiger partial charge in [-0.15, -0.1) is 73.1 Å². The molecule has 3 fully saturated rings. The van der Waals surface area contributed by atoms with Crippen LogP contribution in [0.1, 0.15) is 75.9 Å². The first-order valence-corrected chi connectivity index (χ1v) is 41.8. The molecule has 3 unspecified atom stereocenters. The minimum atomic E-state index is -5.26. The first-order chi connectivity index (χ1) is 60.5. The van der Waals surface area contributed by atoms with Gasteiger partial charge < -0.3 is 44.3 Å². The largest absolute Gasteiger partial charge is 0.573 e. The molecular weight excluding hydrogens is 1770 g/mol. The number of aryl methyl sites for hydroxylation is 1. The van der Waals surface area contributed by atoms with Crippen molar-refractivity contribution >= 4 is 134 Å². The number of halogens is 16. The number of thioether (sulfide) groups is 3. The van der Waals surface area contributed by atoms with Crippen molar-refractivity contribution in [2.75, 3.05) is 45.0 Å². The Bertz CT molecular complexity index is 5820. The van der Waals surface area contributed by atoms with E-state index in [0.717, 1.165) is 82.7 Å². The number of rotatable bonds is 26. The maximum Gasteiger partial charge on any atom is 0.573 e. The number of aliphatic imine (C=N–C) groups is 2. The predicted octanol–water partition coefficient (Wildman–Crippen LogP) is 21.9. The molecule has 10 aromatic rings. The van der Waals surface area contributed by atoms with Gasteiger partial charge in [0.05, 0.1) is 70.3 Å². The molecule has 660 valence electrons. The Morgan fingerprint density at radius 3 is 1.53 bits per heavy atom. The molecule has 3 saturated heterocycles. The highest BCUT2D eigenvalue weighted by atomic mass is 35.5. The molecule has 13 rings (SSSR count). The third-order valence-corrected chi connectivity index (χ3v) is 23.1. The Hall–Kier alpha value is -12.7. The van der Waals surface area contributed by atoms with Crippen molar-refractivity contribution in [1.82, 2.24) is 25.4 Å². The van der Waals surface area contributed by atoms with Gasteiger partial charge in [-0.05, 0) is 187 Å². The third kappa shape index (κ3) is 25.6. The Balaban J connectivity index is 0.749. The van der Waals surface area contributed by atoms with Crippen molar-refractivity contribution in [2.24, 2.45) is 52.4 Å². The molecule has 4 heterocycles. The summed E-state index contributed by atoms with van der Waals surface area (Å²) >= 11 is 10.5. The van der Waals surface area contributed by atoms with Crippen LogP contribution in [0, 0.1) is 29.6 Å². The van der Waals surface area contributed by atoms with Gasteiger partial charge in [0, 0.05) is 58.8 Å². The Morgan fingerprint density at radius 2 is 1.02 bits per heavy atom. The monoisotopic (exact) mass is 1840 g/mol. The van der Waals surface area contributed by atoms with Crippen LogP contribution >= 0.6 is 46.9 Å². The van der Waals surface area contributed by atoms with Crippen molar-refractivity contribution in [3.05, 3.63) is 261 Å². The van der Waals surface area contributed by atoms with Crippen molar-refractivity contribution < 1.29 is 84.8 Å². The number of anilines is 3. The molecule has 0 spiro atoms. The summed E-state index contributed by atoms with van der Waals surface area (Å²) in [7, 11) is 0. The average Bonchev–Trinajstić information content (AvgIpc) is 1.12. The van der Waals surface area contributed by atoms with E-state index >= 15 is 26.3 Å². The van der Waals surface area contributed by atoms with E-state index in [1.54, 1.807) is 89.6 Å². The van der Waals surface area contributed by atoms with Crippen LogP contribution in [0.15, 0.2) is 241 Å². The van der Waals surface area contributed by atoms with Gasteiger partial charge in [0.2, 0.25) is 0 Å². The van der Waals surface area contributed by atoms with Crippen molar-refractivity contribution in [1.29, 1.82) is 10.8 Å². The Labute approximate surface area is 733 Å². The van der Waals surface area contributed by atoms with Crippen molar-refractivity contribution in [2.45, 2.75) is 84.1 Å². The molecule has 0 saturated carbocycles. The molecule has 1 aromatic heterocycles. The average molecular weight is 1840 g/mol. The van der Waals surface area contributed by atoms with Gasteiger partial charge in [-0.25, -0.2) is 19.7 Å². The zero-order valence-corrected chi connectivity index (χ0v) is 69.9. The van der Waals surface area contributed by atoms with E-state index < -0.39 is 66.0 Å². The highest BCUT2D eigenvalue weighted by Gasteiger charge is 2.42. The topological polar surface area (TPSA) is 248 Å². The second kappa shape index (κ2) is 40.3. The van der Waals surface area contributed by atoms with Crippen LogP contribution < -0.4 is 44.3 Å². The molecule has 41 heteroatoms. The fraction of sp³-hybridized carbons (Fsp3) is 0.233. The number of benzene rings is 9. The molecule has 4 N–H and O–H groups in total. The van der Waals surface area contributed by atoms with Gasteiger partial charge in [0.15, 0.2) is 27.1 Å². The van der Waals surface area contributed by atoms with Gasteiger partial charge in [0.25, 0.3) is 0 Å². The van der Waals surface area contributed by atoms with Crippen molar-refractivity contribution in [3.63, 3.8) is 0 Å². The van der Waals surface area contributed by atoms with Crippen LogP contribution in [-0.4, -0.2) is 135 Å². The first kappa shape index (κ1) is 92.0. The lowest BCUT2D eigenvalue weighted by Crippen LogP contribution is -2.42. The minimum Gasteiger partial charge on any atom is -0.406 e. The molecule has 0 bridgehead atoms. The lowest BCUT2D eigenvalue weighted by molar-refractivity contribution is -0.275. The molecule has 0 aliphatic carbocycles. The molecule has 22 nitrogen and oxygen atoms in total. The first-order valence-electron chi connectivity index (χ1n) is 38.5. The van der Waals surface area contributed by atoms with Gasteiger partial charge in [-0.3, -0.25) is 10.8 Å². The van der Waals surface area contributed by atoms with Crippen LogP contribution in [0.5, 0.6) is 23.0 Å². The van der Waals surface area contributed by atoms with E-state index in [1.165, 1.54) is 120 Å². The summed E-state index contributed by atoms with van der Waals surface area (Å²) in [5.74, 6) is -1.20. The second-order valence-corrected chi connectivity index (χ2v) is 31.9. The van der Waals surface area contributed by atoms with Crippen LogP contribution in [0.25, 0.3) is 17.1 Å².